The topological polar surface area (TPSA) is 327 Å². The highest BCUT2D eigenvalue weighted by Crippen LogP contribution is 2.64. The number of carbonyl (C=O) groups is 5. The number of carbonyl (C=O) groups excluding carboxylic acids is 3. The number of hydrogen-bond acceptors (Lipinski definition) is 22. The maximum atomic E-state index is 13.8. The van der Waals surface area contributed by atoms with Crippen LogP contribution in [-0.4, -0.2) is 117 Å². The predicted octanol–water partition coefficient (Wildman–Crippen LogP) is 12.7. The molecule has 5 aliphatic heterocycles. The van der Waals surface area contributed by atoms with Gasteiger partial charge in [-0.25, -0.2) is 47.5 Å². The van der Waals surface area contributed by atoms with Crippen LogP contribution in [0, 0.1) is 52.9 Å². The molecule has 3 aromatic heterocycles. The zero-order chi connectivity index (χ0) is 74.8. The number of aromatic hydroxyl groups is 2. The van der Waals surface area contributed by atoms with Crippen LogP contribution in [0.4, 0.5) is 17.6 Å². The third kappa shape index (κ3) is 14.3. The molecule has 0 amide bonds. The molecular weight excluding hydrogens is 1410 g/mol. The summed E-state index contributed by atoms with van der Waals surface area (Å²) in [5, 5.41) is 36.5. The standard InChI is InChI=1S/2C22H16F2N2O3.C14H10N2O4.C12H12O4.C10H8O4/c2*23-13-2-1-12(18(24)8-13)7-14(27)9-17-21-16-10-15(3-4-19(16)29-22(17)21)28-20-5-6-25-11-26-20;17-14(18)12-11-8-5-7(1-2-9(8)20-13(11)12)19-10-3-4-15-6-16-10;1-2-15-12(14)10-9-7-5-6(13)3-4-8(7)16-11(9)10;11-4-1-2-6-5(3-4)7-8(10(12)13)9(7)14-6/h2*1-6,8,10-11,17,21-22H,7,9H2;1-6,11-13H,(H,17,18);3-5,9-11,13H,2H2,1H3;1-3,7-9,11H,(H,12,13)/t2*17-,21-,22+;11-,12-,13-;9-,10-,11-;7-,8-,9-/m00000/s1. The zero-order valence-corrected chi connectivity index (χ0v) is 56.7. The summed E-state index contributed by atoms with van der Waals surface area (Å²) in [6.45, 7) is 2.18. The van der Waals surface area contributed by atoms with E-state index >= 15 is 0 Å². The van der Waals surface area contributed by atoms with E-state index in [9.17, 15) is 51.7 Å². The van der Waals surface area contributed by atoms with Crippen LogP contribution in [-0.2, 0) is 41.6 Å². The van der Waals surface area contributed by atoms with E-state index in [-0.39, 0.29) is 131 Å². The largest absolute Gasteiger partial charge is 0.508 e. The van der Waals surface area contributed by atoms with E-state index in [1.165, 1.54) is 31.1 Å². The number of fused-ring (bicyclic) bond motifs is 15. The zero-order valence-electron chi connectivity index (χ0n) is 56.7. The second kappa shape index (κ2) is 28.6. The lowest BCUT2D eigenvalue weighted by atomic mass is 10.0. The Morgan fingerprint density at radius 1 is 0.407 bits per heavy atom. The highest BCUT2D eigenvalue weighted by Gasteiger charge is 2.66. The average molecular weight is 1470 g/mol. The predicted molar refractivity (Wildman–Crippen MR) is 366 cm³/mol. The molecule has 15 atom stereocenters. The Labute approximate surface area is 610 Å². The van der Waals surface area contributed by atoms with Gasteiger partial charge >= 0.3 is 17.9 Å². The van der Waals surface area contributed by atoms with Crippen LogP contribution in [0.25, 0.3) is 0 Å². The van der Waals surface area contributed by atoms with Gasteiger partial charge in [0.2, 0.25) is 17.6 Å². The first-order chi connectivity index (χ1) is 52.3. The molecule has 8 heterocycles. The van der Waals surface area contributed by atoms with Crippen molar-refractivity contribution in [2.75, 3.05) is 6.61 Å². The number of phenolic OH excluding ortho intramolecular Hbond substituents is 2. The third-order valence-corrected chi connectivity index (χ3v) is 20.3. The number of halogens is 4. The average Bonchev–Trinajstić information content (AvgIpc) is 1.59. The van der Waals surface area contributed by atoms with Gasteiger partial charge in [0.15, 0.2) is 0 Å². The molecule has 0 saturated heterocycles. The molecular formula is C80H62F4N6O18. The highest BCUT2D eigenvalue weighted by atomic mass is 19.1. The number of Topliss-reactive ketones (excluding diaryl/α,β-unsaturated/α-hetero) is 2. The van der Waals surface area contributed by atoms with E-state index in [2.05, 4.69) is 29.9 Å². The van der Waals surface area contributed by atoms with Gasteiger partial charge in [-0.2, -0.15) is 0 Å². The van der Waals surface area contributed by atoms with Crippen LogP contribution in [0.5, 0.6) is 75.1 Å². The van der Waals surface area contributed by atoms with Crippen molar-refractivity contribution in [2.24, 2.45) is 29.6 Å². The van der Waals surface area contributed by atoms with Crippen molar-refractivity contribution in [3.63, 3.8) is 0 Å². The molecule has 5 aliphatic carbocycles. The number of benzene rings is 7. The lowest BCUT2D eigenvalue weighted by molar-refractivity contribution is -0.145. The van der Waals surface area contributed by atoms with Crippen molar-refractivity contribution < 1.29 is 105 Å². The van der Waals surface area contributed by atoms with Crippen molar-refractivity contribution in [3.8, 4) is 75.1 Å². The number of esters is 1. The maximum absolute atomic E-state index is 13.8. The molecule has 24 nitrogen and oxygen atoms in total. The van der Waals surface area contributed by atoms with Crippen LogP contribution in [0.2, 0.25) is 0 Å². The summed E-state index contributed by atoms with van der Waals surface area (Å²) in [4.78, 5) is 81.7. The van der Waals surface area contributed by atoms with Crippen molar-refractivity contribution in [2.45, 2.75) is 92.7 Å². The van der Waals surface area contributed by atoms with Gasteiger partial charge in [-0.3, -0.25) is 24.0 Å². The monoisotopic (exact) mass is 1470 g/mol. The molecule has 108 heavy (non-hydrogen) atoms. The molecule has 0 radical (unpaired) electrons. The molecule has 5 fully saturated rings. The molecule has 4 N–H and O–H groups in total. The van der Waals surface area contributed by atoms with Crippen molar-refractivity contribution in [1.82, 2.24) is 29.9 Å². The number of nitrogens with zero attached hydrogens (tertiary/aromatic N) is 6. The molecule has 20 rings (SSSR count). The minimum absolute atomic E-state index is 0.0404. The van der Waals surface area contributed by atoms with Gasteiger partial charge in [-0.05, 0) is 121 Å². The summed E-state index contributed by atoms with van der Waals surface area (Å²) in [7, 11) is 0. The lowest BCUT2D eigenvalue weighted by Crippen LogP contribution is -2.13. The van der Waals surface area contributed by atoms with Crippen LogP contribution in [0.3, 0.4) is 0 Å². The number of carboxylic acid groups (broad SMARTS) is 2. The number of aromatic nitrogens is 6. The lowest BCUT2D eigenvalue weighted by Gasteiger charge is -2.10. The molecule has 7 aromatic carbocycles. The fourth-order valence-corrected chi connectivity index (χ4v) is 15.0. The first kappa shape index (κ1) is 69.6. The number of rotatable bonds is 18. The second-order valence-corrected chi connectivity index (χ2v) is 27.2. The Morgan fingerprint density at radius 3 is 1.10 bits per heavy atom. The first-order valence-corrected chi connectivity index (χ1v) is 34.6. The molecule has 28 heteroatoms. The summed E-state index contributed by atoms with van der Waals surface area (Å²) in [5.74, 6) is 1.96. The Balaban J connectivity index is 0.000000106. The van der Waals surface area contributed by atoms with Crippen molar-refractivity contribution in [1.29, 1.82) is 0 Å². The maximum Gasteiger partial charge on any atom is 0.313 e. The van der Waals surface area contributed by atoms with Crippen molar-refractivity contribution >= 4 is 29.5 Å². The van der Waals surface area contributed by atoms with Crippen molar-refractivity contribution in [3.05, 3.63) is 245 Å². The fourth-order valence-electron chi connectivity index (χ4n) is 15.0. The van der Waals surface area contributed by atoms with Crippen LogP contribution in [0.1, 0.15) is 88.3 Å². The number of hydrogen-bond donors (Lipinski definition) is 4. The van der Waals surface area contributed by atoms with Gasteiger partial charge < -0.3 is 63.1 Å². The van der Waals surface area contributed by atoms with Gasteiger partial charge in [-0.1, -0.05) is 12.1 Å². The molecule has 0 spiro atoms. The number of aliphatic carboxylic acids is 2. The van der Waals surface area contributed by atoms with E-state index in [1.807, 2.05) is 42.5 Å². The van der Waals surface area contributed by atoms with E-state index in [1.54, 1.807) is 92.2 Å². The first-order valence-electron chi connectivity index (χ1n) is 34.6. The summed E-state index contributed by atoms with van der Waals surface area (Å²) in [5.41, 5.74) is 5.08. The highest BCUT2D eigenvalue weighted by molar-refractivity contribution is 5.84. The van der Waals surface area contributed by atoms with Crippen LogP contribution in [0.15, 0.2) is 183 Å². The van der Waals surface area contributed by atoms with Gasteiger partial charge in [0.1, 0.15) is 160 Å². The number of carboxylic acids is 2. The second-order valence-electron chi connectivity index (χ2n) is 27.2. The summed E-state index contributed by atoms with van der Waals surface area (Å²) in [6.07, 6.45) is 8.90. The van der Waals surface area contributed by atoms with Gasteiger partial charge in [0, 0.05) is 144 Å². The molecule has 10 aliphatic rings. The number of ketones is 2. The van der Waals surface area contributed by atoms with E-state index in [4.69, 9.17) is 52.8 Å². The van der Waals surface area contributed by atoms with E-state index < -0.39 is 47.0 Å². The Hall–Kier alpha value is -12.8. The van der Waals surface area contributed by atoms with Crippen LogP contribution >= 0.6 is 0 Å². The van der Waals surface area contributed by atoms with Crippen LogP contribution < -0.4 is 37.9 Å². The molecule has 0 bridgehead atoms. The molecule has 548 valence electrons. The number of ether oxygens (including phenoxy) is 9. The summed E-state index contributed by atoms with van der Waals surface area (Å²) >= 11 is 0. The Bertz CT molecular complexity index is 5020. The Kier molecular flexibility index (Phi) is 18.4. The minimum Gasteiger partial charge on any atom is -0.508 e. The number of phenols is 2. The van der Waals surface area contributed by atoms with E-state index in [0.717, 1.165) is 75.1 Å². The SMILES string of the molecule is CCOC(=O)[C@@H]1[C@H]2Oc3ccc(O)cc3[C@H]21.O=C(Cc1ccc(F)cc1F)C[C@@H]1[C@H]2Oc3ccc(Oc4ccncn4)cc3[C@@H]12.O=C(Cc1ccc(F)cc1F)C[C@@H]1[C@H]2Oc3ccc(Oc4ccncn4)cc3[C@@H]12.O=C(O)[C@@H]1[C@H]2Oc3ccc(O)cc3[C@H]21.O=C(O)[C@@H]1[C@H]2Oc3ccc(Oc4ccncn4)cc3[C@H]21. The van der Waals surface area contributed by atoms with Gasteiger partial charge in [0.05, 0.1) is 6.61 Å². The van der Waals surface area contributed by atoms with Gasteiger partial charge in [-0.15, -0.1) is 0 Å². The minimum atomic E-state index is -0.825. The molecule has 5 saturated carbocycles. The quantitative estimate of drug-likeness (QED) is 0.0458. The van der Waals surface area contributed by atoms with E-state index in [0.29, 0.717) is 60.1 Å². The third-order valence-electron chi connectivity index (χ3n) is 20.3. The molecule has 0 unspecified atom stereocenters. The van der Waals surface area contributed by atoms with Gasteiger partial charge in [0.25, 0.3) is 0 Å². The normalized spacial score (nSPS) is 24.4. The summed E-state index contributed by atoms with van der Waals surface area (Å²) < 4.78 is 104. The smallest absolute Gasteiger partial charge is 0.313 e. The molecule has 10 aromatic rings. The summed E-state index contributed by atoms with van der Waals surface area (Å²) in [6, 6.07) is 37.9. The Morgan fingerprint density at radius 2 is 0.750 bits per heavy atom. The fraction of sp³-hybridized carbons (Fsp3) is 0.263.